The lowest BCUT2D eigenvalue weighted by molar-refractivity contribution is -0.136. The summed E-state index contributed by atoms with van der Waals surface area (Å²) in [5, 5.41) is 3.45. The number of nitrogens with one attached hydrogen (secondary N) is 1. The molecule has 0 bridgehead atoms. The van der Waals surface area contributed by atoms with E-state index in [-0.39, 0.29) is 42.3 Å². The first-order chi connectivity index (χ1) is 14.5. The van der Waals surface area contributed by atoms with Gasteiger partial charge in [0.2, 0.25) is 11.8 Å². The second-order valence-electron chi connectivity index (χ2n) is 8.29. The van der Waals surface area contributed by atoms with Crippen LogP contribution in [0, 0.1) is 5.92 Å². The van der Waals surface area contributed by atoms with Gasteiger partial charge in [-0.25, -0.2) is 4.99 Å². The normalized spacial score (nSPS) is 22.8. The second-order valence-corrected chi connectivity index (χ2v) is 8.29. The molecule has 0 aromatic rings. The third-order valence-electron chi connectivity index (χ3n) is 5.83. The number of piperazine rings is 1. The van der Waals surface area contributed by atoms with Gasteiger partial charge in [0.05, 0.1) is 26.4 Å². The lowest BCUT2D eigenvalue weighted by atomic mass is 10.1. The molecule has 0 saturated carbocycles. The fourth-order valence-electron chi connectivity index (χ4n) is 3.75. The van der Waals surface area contributed by atoms with Gasteiger partial charge in [0.25, 0.3) is 0 Å². The molecule has 3 saturated heterocycles. The van der Waals surface area contributed by atoms with Gasteiger partial charge >= 0.3 is 0 Å². The van der Waals surface area contributed by atoms with Crippen LogP contribution >= 0.6 is 24.0 Å². The number of rotatable bonds is 6. The fourth-order valence-corrected chi connectivity index (χ4v) is 3.75. The SMILES string of the molecule is CN(C)C(=O)CN=C(NCC1CCOC1)N1CCN(CC(=O)N2CCOCC2)CC1.I. The Bertz CT molecular complexity index is 600. The van der Waals surface area contributed by atoms with Crippen LogP contribution in [0.15, 0.2) is 4.99 Å². The van der Waals surface area contributed by atoms with Gasteiger partial charge in [-0.15, -0.1) is 24.0 Å². The van der Waals surface area contributed by atoms with Gasteiger partial charge in [-0.2, -0.15) is 0 Å². The zero-order valence-electron chi connectivity index (χ0n) is 18.8. The van der Waals surface area contributed by atoms with Gasteiger partial charge in [-0.3, -0.25) is 14.5 Å². The molecule has 0 aliphatic carbocycles. The average Bonchev–Trinajstić information content (AvgIpc) is 3.28. The van der Waals surface area contributed by atoms with Crippen molar-refractivity contribution in [2.24, 2.45) is 10.9 Å². The van der Waals surface area contributed by atoms with Crippen LogP contribution in [0.4, 0.5) is 0 Å². The third-order valence-corrected chi connectivity index (χ3v) is 5.83. The number of aliphatic imine (C=N–C) groups is 1. The summed E-state index contributed by atoms with van der Waals surface area (Å²) in [4.78, 5) is 36.9. The molecule has 3 aliphatic heterocycles. The molecule has 11 heteroatoms. The molecule has 3 aliphatic rings. The predicted molar refractivity (Wildman–Crippen MR) is 129 cm³/mol. The van der Waals surface area contributed by atoms with Crippen molar-refractivity contribution in [3.63, 3.8) is 0 Å². The molecule has 1 N–H and O–H groups in total. The molecule has 0 aromatic carbocycles. The standard InChI is InChI=1S/C20H36N6O4.HI/c1-23(2)18(27)14-22-20(21-13-17-3-10-30-16-17)26-6-4-24(5-7-26)15-19(28)25-8-11-29-12-9-25;/h17H,3-16H2,1-2H3,(H,21,22);1H. The maximum absolute atomic E-state index is 12.5. The van der Waals surface area contributed by atoms with E-state index < -0.39 is 0 Å². The van der Waals surface area contributed by atoms with E-state index in [0.717, 1.165) is 58.3 Å². The predicted octanol–water partition coefficient (Wildman–Crippen LogP) is -0.849. The monoisotopic (exact) mass is 552 g/mol. The van der Waals surface area contributed by atoms with E-state index in [4.69, 9.17) is 9.47 Å². The van der Waals surface area contributed by atoms with E-state index >= 15 is 0 Å². The van der Waals surface area contributed by atoms with Gasteiger partial charge < -0.3 is 29.5 Å². The van der Waals surface area contributed by atoms with Crippen LogP contribution < -0.4 is 5.32 Å². The van der Waals surface area contributed by atoms with Gasteiger partial charge in [-0.1, -0.05) is 0 Å². The van der Waals surface area contributed by atoms with Gasteiger partial charge in [0.15, 0.2) is 5.96 Å². The molecule has 3 rings (SSSR count). The molecule has 3 heterocycles. The van der Waals surface area contributed by atoms with E-state index in [2.05, 4.69) is 20.1 Å². The number of hydrogen-bond donors (Lipinski definition) is 1. The number of nitrogens with zero attached hydrogens (tertiary/aromatic N) is 5. The number of hydrogen-bond acceptors (Lipinski definition) is 6. The number of halogens is 1. The van der Waals surface area contributed by atoms with Crippen LogP contribution in [-0.4, -0.2) is 137 Å². The van der Waals surface area contributed by atoms with Crippen LogP contribution in [0.2, 0.25) is 0 Å². The zero-order chi connectivity index (χ0) is 21.3. The van der Waals surface area contributed by atoms with Crippen molar-refractivity contribution in [2.45, 2.75) is 6.42 Å². The maximum atomic E-state index is 12.5. The minimum absolute atomic E-state index is 0. The summed E-state index contributed by atoms with van der Waals surface area (Å²) in [6, 6.07) is 0. The number of morpholine rings is 1. The number of carbonyl (C=O) groups is 2. The van der Waals surface area contributed by atoms with E-state index in [1.807, 2.05) is 4.90 Å². The molecule has 1 atom stereocenters. The smallest absolute Gasteiger partial charge is 0.243 e. The molecule has 1 unspecified atom stereocenters. The molecule has 178 valence electrons. The fraction of sp³-hybridized carbons (Fsp3) is 0.850. The molecule has 31 heavy (non-hydrogen) atoms. The molecule has 0 spiro atoms. The summed E-state index contributed by atoms with van der Waals surface area (Å²) < 4.78 is 10.8. The largest absolute Gasteiger partial charge is 0.381 e. The van der Waals surface area contributed by atoms with E-state index in [1.54, 1.807) is 19.0 Å². The number of amides is 2. The highest BCUT2D eigenvalue weighted by Gasteiger charge is 2.25. The minimum atomic E-state index is -0.0201. The van der Waals surface area contributed by atoms with Crippen LogP contribution in [0.25, 0.3) is 0 Å². The van der Waals surface area contributed by atoms with Crippen molar-refractivity contribution in [2.75, 3.05) is 99.4 Å². The highest BCUT2D eigenvalue weighted by atomic mass is 127. The van der Waals surface area contributed by atoms with Crippen molar-refractivity contribution in [3.8, 4) is 0 Å². The van der Waals surface area contributed by atoms with Crippen molar-refractivity contribution in [3.05, 3.63) is 0 Å². The van der Waals surface area contributed by atoms with Crippen molar-refractivity contribution >= 4 is 41.8 Å². The van der Waals surface area contributed by atoms with Gasteiger partial charge in [-0.05, 0) is 6.42 Å². The number of likely N-dealkylation sites (N-methyl/N-ethyl adjacent to an activating group) is 1. The summed E-state index contributed by atoms with van der Waals surface area (Å²) >= 11 is 0. The minimum Gasteiger partial charge on any atom is -0.381 e. The quantitative estimate of drug-likeness (QED) is 0.261. The lowest BCUT2D eigenvalue weighted by Crippen LogP contribution is -2.55. The van der Waals surface area contributed by atoms with E-state index in [1.165, 1.54) is 0 Å². The molecular weight excluding hydrogens is 515 g/mol. The van der Waals surface area contributed by atoms with Gasteiger partial charge in [0.1, 0.15) is 6.54 Å². The summed E-state index contributed by atoms with van der Waals surface area (Å²) in [6.45, 7) is 8.74. The number of guanidine groups is 1. The highest BCUT2D eigenvalue weighted by molar-refractivity contribution is 14.0. The second kappa shape index (κ2) is 13.4. The van der Waals surface area contributed by atoms with E-state index in [0.29, 0.717) is 38.8 Å². The van der Waals surface area contributed by atoms with E-state index in [9.17, 15) is 9.59 Å². The Morgan fingerprint density at radius 2 is 1.71 bits per heavy atom. The van der Waals surface area contributed by atoms with Crippen molar-refractivity contribution < 1.29 is 19.1 Å². The Balaban J connectivity index is 0.00000341. The van der Waals surface area contributed by atoms with Crippen LogP contribution in [0.1, 0.15) is 6.42 Å². The molecular formula is C20H37IN6O4. The number of ether oxygens (including phenoxy) is 2. The van der Waals surface area contributed by atoms with Crippen LogP contribution in [-0.2, 0) is 19.1 Å². The zero-order valence-corrected chi connectivity index (χ0v) is 21.1. The molecule has 10 nitrogen and oxygen atoms in total. The highest BCUT2D eigenvalue weighted by Crippen LogP contribution is 2.11. The van der Waals surface area contributed by atoms with Crippen LogP contribution in [0.5, 0.6) is 0 Å². The molecule has 0 radical (unpaired) electrons. The van der Waals surface area contributed by atoms with Crippen molar-refractivity contribution in [1.82, 2.24) is 24.9 Å². The lowest BCUT2D eigenvalue weighted by Gasteiger charge is -2.37. The first-order valence-corrected chi connectivity index (χ1v) is 10.9. The van der Waals surface area contributed by atoms with Gasteiger partial charge in [0, 0.05) is 72.4 Å². The Morgan fingerprint density at radius 1 is 1.00 bits per heavy atom. The Hall–Kier alpha value is -1.18. The third kappa shape index (κ3) is 8.35. The average molecular weight is 552 g/mol. The molecule has 3 fully saturated rings. The summed E-state index contributed by atoms with van der Waals surface area (Å²) in [7, 11) is 3.48. The first kappa shape index (κ1) is 26.1. The number of carbonyl (C=O) groups excluding carboxylic acids is 2. The summed E-state index contributed by atoms with van der Waals surface area (Å²) in [5.41, 5.74) is 0. The Labute approximate surface area is 202 Å². The van der Waals surface area contributed by atoms with Crippen LogP contribution in [0.3, 0.4) is 0 Å². The Morgan fingerprint density at radius 3 is 2.32 bits per heavy atom. The summed E-state index contributed by atoms with van der Waals surface area (Å²) in [5.74, 6) is 1.41. The maximum Gasteiger partial charge on any atom is 0.243 e. The Kier molecular flexibility index (Phi) is 11.3. The molecule has 0 aromatic heterocycles. The molecule has 2 amide bonds. The topological polar surface area (TPSA) is 90.0 Å². The summed E-state index contributed by atoms with van der Waals surface area (Å²) in [6.07, 6.45) is 1.05. The van der Waals surface area contributed by atoms with Crippen molar-refractivity contribution in [1.29, 1.82) is 0 Å². The first-order valence-electron chi connectivity index (χ1n) is 10.9.